The van der Waals surface area contributed by atoms with Crippen LogP contribution in [0.4, 0.5) is 0 Å². The highest BCUT2D eigenvalue weighted by atomic mass is 16.1. The predicted octanol–water partition coefficient (Wildman–Crippen LogP) is 4.88. The third kappa shape index (κ3) is 2.17. The Morgan fingerprint density at radius 3 is 2.38 bits per heavy atom. The number of fused-ring (bicyclic) bond motifs is 1. The van der Waals surface area contributed by atoms with Crippen LogP contribution in [0.15, 0.2) is 30.3 Å². The number of hydrogen-bond acceptors (Lipinski definition) is 1. The van der Waals surface area contributed by atoms with Crippen LogP contribution in [-0.4, -0.2) is 11.3 Å². The van der Waals surface area contributed by atoms with Crippen molar-refractivity contribution in [2.75, 3.05) is 0 Å². The van der Waals surface area contributed by atoms with E-state index in [0.29, 0.717) is 0 Å². The first-order valence-corrected chi connectivity index (χ1v) is 7.17. The summed E-state index contributed by atoms with van der Waals surface area (Å²) < 4.78 is 0. The molecule has 0 aliphatic heterocycles. The zero-order valence-electron chi connectivity index (χ0n) is 12.9. The molecule has 2 nitrogen and oxygen atoms in total. The van der Waals surface area contributed by atoms with Crippen LogP contribution in [-0.2, 0) is 0 Å². The Morgan fingerprint density at radius 2 is 1.67 bits per heavy atom. The number of rotatable bonds is 2. The molecule has 0 fully saturated rings. The second-order valence-electron chi connectivity index (χ2n) is 5.85. The van der Waals surface area contributed by atoms with Crippen molar-refractivity contribution in [3.05, 3.63) is 58.1 Å². The van der Waals surface area contributed by atoms with E-state index >= 15 is 0 Å². The molecule has 1 heterocycles. The molecule has 106 valence electrons. The van der Waals surface area contributed by atoms with Crippen LogP contribution in [0.2, 0.25) is 0 Å². The summed E-state index contributed by atoms with van der Waals surface area (Å²) in [6.07, 6.45) is 0.971. The molecule has 0 atom stereocenters. The first-order chi connectivity index (χ1) is 10.0. The number of hydrogen-bond donors (Lipinski definition) is 1. The maximum absolute atomic E-state index is 11.7. The molecule has 1 aromatic heterocycles. The van der Waals surface area contributed by atoms with E-state index in [1.165, 1.54) is 16.7 Å². The Morgan fingerprint density at radius 1 is 0.905 bits per heavy atom. The van der Waals surface area contributed by atoms with Crippen LogP contribution >= 0.6 is 0 Å². The summed E-state index contributed by atoms with van der Waals surface area (Å²) in [5.41, 5.74) is 8.52. The number of H-pyrrole nitrogens is 1. The van der Waals surface area contributed by atoms with Gasteiger partial charge in [-0.25, -0.2) is 0 Å². The van der Waals surface area contributed by atoms with Gasteiger partial charge >= 0.3 is 0 Å². The van der Waals surface area contributed by atoms with Gasteiger partial charge < -0.3 is 4.98 Å². The predicted molar refractivity (Wildman–Crippen MR) is 88.1 cm³/mol. The van der Waals surface area contributed by atoms with E-state index in [0.717, 1.165) is 39.6 Å². The number of aromatic nitrogens is 1. The van der Waals surface area contributed by atoms with Crippen molar-refractivity contribution in [3.8, 4) is 11.3 Å². The number of benzene rings is 2. The lowest BCUT2D eigenvalue weighted by Crippen LogP contribution is -1.89. The monoisotopic (exact) mass is 277 g/mol. The Balaban J connectivity index is 2.40. The van der Waals surface area contributed by atoms with Gasteiger partial charge in [0.2, 0.25) is 0 Å². The SMILES string of the molecule is Cc1ccc(C)c(-c2[nH]c3cc(C)cc(C)c3c2C=O)c1. The molecule has 2 aromatic carbocycles. The Kier molecular flexibility index (Phi) is 3.17. The van der Waals surface area contributed by atoms with Crippen LogP contribution < -0.4 is 0 Å². The zero-order chi connectivity index (χ0) is 15.1. The standard InChI is InChI=1S/C19H19NO/c1-11-5-6-13(3)15(8-11)19-16(10-21)18-14(4)7-12(2)9-17(18)20-19/h5-10,20H,1-4H3. The summed E-state index contributed by atoms with van der Waals surface area (Å²) in [7, 11) is 0. The molecule has 0 spiro atoms. The molecule has 0 aliphatic rings. The second kappa shape index (κ2) is 4.88. The molecule has 0 amide bonds. The lowest BCUT2D eigenvalue weighted by molar-refractivity contribution is 0.112. The first kappa shape index (κ1) is 13.6. The summed E-state index contributed by atoms with van der Waals surface area (Å²) in [4.78, 5) is 15.1. The van der Waals surface area contributed by atoms with E-state index in [1.54, 1.807) is 0 Å². The fraction of sp³-hybridized carbons (Fsp3) is 0.211. The Hall–Kier alpha value is -2.35. The topological polar surface area (TPSA) is 32.9 Å². The molecule has 21 heavy (non-hydrogen) atoms. The van der Waals surface area contributed by atoms with Crippen molar-refractivity contribution < 1.29 is 4.79 Å². The van der Waals surface area contributed by atoms with Gasteiger partial charge in [-0.3, -0.25) is 4.79 Å². The molecule has 0 aliphatic carbocycles. The van der Waals surface area contributed by atoms with Gasteiger partial charge in [0.15, 0.2) is 6.29 Å². The minimum atomic E-state index is 0.760. The third-order valence-electron chi connectivity index (χ3n) is 4.06. The van der Waals surface area contributed by atoms with Gasteiger partial charge in [0, 0.05) is 22.0 Å². The van der Waals surface area contributed by atoms with Crippen molar-refractivity contribution in [2.45, 2.75) is 27.7 Å². The minimum absolute atomic E-state index is 0.760. The van der Waals surface area contributed by atoms with Gasteiger partial charge in [-0.05, 0) is 56.5 Å². The molecular weight excluding hydrogens is 258 g/mol. The molecule has 0 bridgehead atoms. The van der Waals surface area contributed by atoms with E-state index in [2.05, 4.69) is 63.0 Å². The van der Waals surface area contributed by atoms with E-state index in [1.807, 2.05) is 0 Å². The summed E-state index contributed by atoms with van der Waals surface area (Å²) in [6, 6.07) is 10.6. The molecule has 0 saturated heterocycles. The summed E-state index contributed by atoms with van der Waals surface area (Å²) in [5.74, 6) is 0. The van der Waals surface area contributed by atoms with Gasteiger partial charge in [0.05, 0.1) is 5.69 Å². The maximum atomic E-state index is 11.7. The van der Waals surface area contributed by atoms with Crippen LogP contribution in [0.1, 0.15) is 32.6 Å². The van der Waals surface area contributed by atoms with E-state index in [-0.39, 0.29) is 0 Å². The molecule has 3 aromatic rings. The lowest BCUT2D eigenvalue weighted by atomic mass is 9.98. The second-order valence-corrected chi connectivity index (χ2v) is 5.85. The molecule has 0 unspecified atom stereocenters. The molecule has 3 rings (SSSR count). The highest BCUT2D eigenvalue weighted by Crippen LogP contribution is 2.33. The summed E-state index contributed by atoms with van der Waals surface area (Å²) >= 11 is 0. The van der Waals surface area contributed by atoms with Gasteiger partial charge in [-0.15, -0.1) is 0 Å². The van der Waals surface area contributed by atoms with Crippen LogP contribution in [0.25, 0.3) is 22.2 Å². The van der Waals surface area contributed by atoms with Crippen molar-refractivity contribution in [3.63, 3.8) is 0 Å². The smallest absolute Gasteiger partial charge is 0.152 e. The van der Waals surface area contributed by atoms with Gasteiger partial charge in [-0.2, -0.15) is 0 Å². The summed E-state index contributed by atoms with van der Waals surface area (Å²) in [6.45, 7) is 8.28. The molecular formula is C19H19NO. The molecule has 1 N–H and O–H groups in total. The van der Waals surface area contributed by atoms with Gasteiger partial charge in [-0.1, -0.05) is 23.8 Å². The number of carbonyl (C=O) groups is 1. The van der Waals surface area contributed by atoms with E-state index in [9.17, 15) is 4.79 Å². The Labute approximate surface area is 124 Å². The summed E-state index contributed by atoms with van der Waals surface area (Å²) in [5, 5.41) is 1.03. The fourth-order valence-corrected chi connectivity index (χ4v) is 3.09. The fourth-order valence-electron chi connectivity index (χ4n) is 3.09. The average Bonchev–Trinajstić information content (AvgIpc) is 2.79. The van der Waals surface area contributed by atoms with Crippen LogP contribution in [0.3, 0.4) is 0 Å². The van der Waals surface area contributed by atoms with Crippen molar-refractivity contribution in [1.82, 2.24) is 4.98 Å². The van der Waals surface area contributed by atoms with E-state index < -0.39 is 0 Å². The van der Waals surface area contributed by atoms with Crippen molar-refractivity contribution >= 4 is 17.2 Å². The average molecular weight is 277 g/mol. The van der Waals surface area contributed by atoms with Crippen molar-refractivity contribution in [1.29, 1.82) is 0 Å². The van der Waals surface area contributed by atoms with Gasteiger partial charge in [0.25, 0.3) is 0 Å². The highest BCUT2D eigenvalue weighted by molar-refractivity contribution is 6.06. The van der Waals surface area contributed by atoms with Crippen molar-refractivity contribution in [2.24, 2.45) is 0 Å². The number of nitrogens with one attached hydrogen (secondary N) is 1. The number of aryl methyl sites for hydroxylation is 4. The number of aldehydes is 1. The van der Waals surface area contributed by atoms with Crippen LogP contribution in [0, 0.1) is 27.7 Å². The quantitative estimate of drug-likeness (QED) is 0.665. The van der Waals surface area contributed by atoms with Gasteiger partial charge in [0.1, 0.15) is 0 Å². The largest absolute Gasteiger partial charge is 0.354 e. The minimum Gasteiger partial charge on any atom is -0.354 e. The third-order valence-corrected chi connectivity index (χ3v) is 4.06. The molecule has 0 radical (unpaired) electrons. The van der Waals surface area contributed by atoms with E-state index in [4.69, 9.17) is 0 Å². The molecule has 2 heteroatoms. The first-order valence-electron chi connectivity index (χ1n) is 7.17. The molecule has 0 saturated carbocycles. The maximum Gasteiger partial charge on any atom is 0.152 e. The van der Waals surface area contributed by atoms with Crippen LogP contribution in [0.5, 0.6) is 0 Å². The normalized spacial score (nSPS) is 11.0. The number of carbonyl (C=O) groups excluding carboxylic acids is 1. The highest BCUT2D eigenvalue weighted by Gasteiger charge is 2.16. The number of aromatic amines is 1. The lowest BCUT2D eigenvalue weighted by Gasteiger charge is -2.06. The Bertz CT molecular complexity index is 856. The zero-order valence-corrected chi connectivity index (χ0v) is 12.9.